The SMILES string of the molecule is COc1cccc(CNCCCSc2nnnn2-c2ccccc2)c1OCC(=O)NC(C)(C)C.Cl. The number of ether oxygens (including phenoxy) is 2. The molecule has 0 saturated carbocycles. The molecule has 2 N–H and O–H groups in total. The summed E-state index contributed by atoms with van der Waals surface area (Å²) in [5, 5.41) is 19.1. The van der Waals surface area contributed by atoms with Crippen LogP contribution in [0.4, 0.5) is 0 Å². The number of para-hydroxylation sites is 2. The van der Waals surface area contributed by atoms with Crippen LogP contribution in [0, 0.1) is 0 Å². The van der Waals surface area contributed by atoms with E-state index < -0.39 is 0 Å². The number of thioether (sulfide) groups is 1. The molecule has 0 saturated heterocycles. The maximum absolute atomic E-state index is 12.2. The van der Waals surface area contributed by atoms with Crippen LogP contribution in [0.25, 0.3) is 5.69 Å². The maximum Gasteiger partial charge on any atom is 0.258 e. The Balaban J connectivity index is 0.00000432. The number of carbonyl (C=O) groups is 1. The van der Waals surface area contributed by atoms with Crippen molar-refractivity contribution in [2.75, 3.05) is 26.0 Å². The average Bonchev–Trinajstić information content (AvgIpc) is 3.28. The molecule has 0 unspecified atom stereocenters. The van der Waals surface area contributed by atoms with Crippen LogP contribution in [0.1, 0.15) is 32.8 Å². The molecule has 9 nitrogen and oxygen atoms in total. The first-order valence-electron chi connectivity index (χ1n) is 11.1. The van der Waals surface area contributed by atoms with Crippen molar-refractivity contribution >= 4 is 30.1 Å². The number of aromatic nitrogens is 4. The molecule has 11 heteroatoms. The van der Waals surface area contributed by atoms with Crippen molar-refractivity contribution in [3.63, 3.8) is 0 Å². The molecule has 1 heterocycles. The van der Waals surface area contributed by atoms with E-state index in [-0.39, 0.29) is 30.5 Å². The van der Waals surface area contributed by atoms with Gasteiger partial charge in [-0.2, -0.15) is 4.68 Å². The zero-order chi connectivity index (χ0) is 24.4. The van der Waals surface area contributed by atoms with Gasteiger partial charge in [0.15, 0.2) is 18.1 Å². The van der Waals surface area contributed by atoms with E-state index in [9.17, 15) is 4.79 Å². The highest BCUT2D eigenvalue weighted by atomic mass is 35.5. The Hall–Kier alpha value is -2.82. The van der Waals surface area contributed by atoms with E-state index in [0.717, 1.165) is 35.1 Å². The number of benzene rings is 2. The third-order valence-corrected chi connectivity index (χ3v) is 5.63. The molecule has 0 spiro atoms. The molecule has 2 aromatic carbocycles. The van der Waals surface area contributed by atoms with Crippen molar-refractivity contribution < 1.29 is 14.3 Å². The van der Waals surface area contributed by atoms with E-state index >= 15 is 0 Å². The normalized spacial score (nSPS) is 11.0. The van der Waals surface area contributed by atoms with E-state index in [1.54, 1.807) is 23.6 Å². The minimum absolute atomic E-state index is 0. The van der Waals surface area contributed by atoms with Gasteiger partial charge in [0, 0.05) is 23.4 Å². The van der Waals surface area contributed by atoms with Gasteiger partial charge >= 0.3 is 0 Å². The van der Waals surface area contributed by atoms with Crippen LogP contribution < -0.4 is 20.1 Å². The lowest BCUT2D eigenvalue weighted by atomic mass is 10.1. The van der Waals surface area contributed by atoms with Crippen LogP contribution in [-0.4, -0.2) is 57.7 Å². The highest BCUT2D eigenvalue weighted by Crippen LogP contribution is 2.31. The van der Waals surface area contributed by atoms with E-state index in [4.69, 9.17) is 9.47 Å². The van der Waals surface area contributed by atoms with Crippen molar-refractivity contribution in [2.45, 2.75) is 44.4 Å². The minimum atomic E-state index is -0.312. The summed E-state index contributed by atoms with van der Waals surface area (Å²) in [6.45, 7) is 7.13. The molecule has 0 bridgehead atoms. The lowest BCUT2D eigenvalue weighted by Crippen LogP contribution is -2.43. The van der Waals surface area contributed by atoms with Crippen molar-refractivity contribution in [1.29, 1.82) is 0 Å². The predicted octanol–water partition coefficient (Wildman–Crippen LogP) is 3.66. The van der Waals surface area contributed by atoms with Crippen molar-refractivity contribution in [3.05, 3.63) is 54.1 Å². The van der Waals surface area contributed by atoms with Gasteiger partial charge in [-0.3, -0.25) is 4.79 Å². The van der Waals surface area contributed by atoms with E-state index in [0.29, 0.717) is 18.0 Å². The van der Waals surface area contributed by atoms with E-state index in [1.807, 2.05) is 69.3 Å². The van der Waals surface area contributed by atoms with E-state index in [1.165, 1.54) is 0 Å². The van der Waals surface area contributed by atoms with Gasteiger partial charge in [-0.15, -0.1) is 17.5 Å². The van der Waals surface area contributed by atoms with Crippen molar-refractivity contribution in [3.8, 4) is 17.2 Å². The van der Waals surface area contributed by atoms with Gasteiger partial charge in [0.05, 0.1) is 12.8 Å². The number of hydrogen-bond acceptors (Lipinski definition) is 8. The summed E-state index contributed by atoms with van der Waals surface area (Å²) < 4.78 is 13.0. The monoisotopic (exact) mass is 520 g/mol. The molecule has 0 aliphatic rings. The fourth-order valence-electron chi connectivity index (χ4n) is 3.20. The predicted molar refractivity (Wildman–Crippen MR) is 140 cm³/mol. The first-order chi connectivity index (χ1) is 16.4. The van der Waals surface area contributed by atoms with Gasteiger partial charge in [-0.05, 0) is 62.4 Å². The van der Waals surface area contributed by atoms with Crippen LogP contribution in [0.15, 0.2) is 53.7 Å². The average molecular weight is 521 g/mol. The summed E-state index contributed by atoms with van der Waals surface area (Å²) in [7, 11) is 1.59. The molecule has 35 heavy (non-hydrogen) atoms. The maximum atomic E-state index is 12.2. The summed E-state index contributed by atoms with van der Waals surface area (Å²) in [6.07, 6.45) is 0.931. The fraction of sp³-hybridized carbons (Fsp3) is 0.417. The fourth-order valence-corrected chi connectivity index (χ4v) is 4.03. The van der Waals surface area contributed by atoms with Gasteiger partial charge in [-0.25, -0.2) is 0 Å². The van der Waals surface area contributed by atoms with Gasteiger partial charge < -0.3 is 20.1 Å². The number of carbonyl (C=O) groups excluding carboxylic acids is 1. The number of hydrogen-bond donors (Lipinski definition) is 2. The number of tetrazole rings is 1. The van der Waals surface area contributed by atoms with Crippen molar-refractivity contribution in [1.82, 2.24) is 30.8 Å². The molecule has 0 aliphatic carbocycles. The first-order valence-corrected chi connectivity index (χ1v) is 12.1. The quantitative estimate of drug-likeness (QED) is 0.275. The van der Waals surface area contributed by atoms with Gasteiger partial charge in [0.1, 0.15) is 0 Å². The molecular formula is C24H33ClN6O3S. The number of nitrogens with zero attached hydrogens (tertiary/aromatic N) is 4. The van der Waals surface area contributed by atoms with Gasteiger partial charge in [0.25, 0.3) is 5.91 Å². The van der Waals surface area contributed by atoms with Crippen molar-refractivity contribution in [2.24, 2.45) is 0 Å². The van der Waals surface area contributed by atoms with E-state index in [2.05, 4.69) is 26.2 Å². The second kappa shape index (κ2) is 13.9. The molecule has 0 atom stereocenters. The molecule has 0 aliphatic heterocycles. The standard InChI is InChI=1S/C24H32N6O3S.ClH/c1-24(2,3)26-21(31)17-33-22-18(10-8-13-20(22)32-4)16-25-14-9-15-34-23-27-28-29-30(23)19-11-6-5-7-12-19;/h5-8,10-13,25H,9,14-17H2,1-4H3,(H,26,31);1H. The summed E-state index contributed by atoms with van der Waals surface area (Å²) >= 11 is 1.62. The molecule has 1 aromatic heterocycles. The molecule has 3 rings (SSSR count). The second-order valence-corrected chi connectivity index (χ2v) is 9.69. The summed E-state index contributed by atoms with van der Waals surface area (Å²) in [4.78, 5) is 12.2. The number of rotatable bonds is 12. The van der Waals surface area contributed by atoms with Gasteiger partial charge in [0.2, 0.25) is 5.16 Å². The molecular weight excluding hydrogens is 488 g/mol. The second-order valence-electron chi connectivity index (χ2n) is 8.62. The molecule has 0 radical (unpaired) electrons. The van der Waals surface area contributed by atoms with Crippen LogP contribution in [0.3, 0.4) is 0 Å². The molecule has 0 fully saturated rings. The Kier molecular flexibility index (Phi) is 11.3. The summed E-state index contributed by atoms with van der Waals surface area (Å²) in [6, 6.07) is 15.5. The zero-order valence-electron chi connectivity index (χ0n) is 20.5. The largest absolute Gasteiger partial charge is 0.493 e. The lowest BCUT2D eigenvalue weighted by Gasteiger charge is -2.21. The van der Waals surface area contributed by atoms with Crippen LogP contribution in [-0.2, 0) is 11.3 Å². The number of nitrogens with one attached hydrogen (secondary N) is 2. The highest BCUT2D eigenvalue weighted by Gasteiger charge is 2.16. The highest BCUT2D eigenvalue weighted by molar-refractivity contribution is 7.99. The third-order valence-electron chi connectivity index (χ3n) is 4.63. The number of halogens is 1. The van der Waals surface area contributed by atoms with Crippen LogP contribution in [0.2, 0.25) is 0 Å². The van der Waals surface area contributed by atoms with Gasteiger partial charge in [-0.1, -0.05) is 42.1 Å². The Morgan fingerprint density at radius 3 is 2.60 bits per heavy atom. The Morgan fingerprint density at radius 1 is 1.11 bits per heavy atom. The molecule has 190 valence electrons. The topological polar surface area (TPSA) is 103 Å². The lowest BCUT2D eigenvalue weighted by molar-refractivity contribution is -0.124. The zero-order valence-corrected chi connectivity index (χ0v) is 22.1. The summed E-state index contributed by atoms with van der Waals surface area (Å²) in [5.41, 5.74) is 1.56. The minimum Gasteiger partial charge on any atom is -0.493 e. The smallest absolute Gasteiger partial charge is 0.258 e. The Bertz CT molecular complexity index is 1060. The summed E-state index contributed by atoms with van der Waals surface area (Å²) in [5.74, 6) is 1.88. The number of methoxy groups -OCH3 is 1. The Labute approximate surface area is 216 Å². The van der Waals surface area contributed by atoms with Crippen LogP contribution >= 0.6 is 24.2 Å². The van der Waals surface area contributed by atoms with Crippen LogP contribution in [0.5, 0.6) is 11.5 Å². The third kappa shape index (κ3) is 9.04. The molecule has 1 amide bonds. The number of amides is 1. The first kappa shape index (κ1) is 28.4. The molecule has 3 aromatic rings. The Morgan fingerprint density at radius 2 is 1.89 bits per heavy atom.